The van der Waals surface area contributed by atoms with E-state index in [1.165, 1.54) is 11.6 Å². The van der Waals surface area contributed by atoms with Crippen molar-refractivity contribution in [2.24, 2.45) is 5.92 Å². The highest BCUT2D eigenvalue weighted by Crippen LogP contribution is 2.46. The Hall–Kier alpha value is -2.50. The second-order valence-electron chi connectivity index (χ2n) is 6.39. The lowest BCUT2D eigenvalue weighted by atomic mass is 10.1. The Morgan fingerprint density at radius 1 is 1.39 bits per heavy atom. The molecule has 0 unspecified atom stereocenters. The standard InChI is InChI=1S/C17H18N4O2/c22-15-7-14(20-16(21-15)10-3-4-10)17(23)19-9-12-6-13(12)11-2-1-5-18-8-11/h1-2,5,7-8,10,12-13H,3-4,6,9H2,(H,19,23)(H,20,21,22)/t12-,13-/m0/s1. The van der Waals surface area contributed by atoms with Crippen LogP contribution in [0.2, 0.25) is 0 Å². The van der Waals surface area contributed by atoms with Crippen molar-refractivity contribution in [2.45, 2.75) is 31.1 Å². The van der Waals surface area contributed by atoms with E-state index < -0.39 is 0 Å². The van der Waals surface area contributed by atoms with Crippen LogP contribution in [0.4, 0.5) is 0 Å². The van der Waals surface area contributed by atoms with Crippen molar-refractivity contribution in [3.05, 3.63) is 58.0 Å². The maximum Gasteiger partial charge on any atom is 0.270 e. The fraction of sp³-hybridized carbons (Fsp3) is 0.412. The van der Waals surface area contributed by atoms with Gasteiger partial charge in [0.1, 0.15) is 11.5 Å². The topological polar surface area (TPSA) is 87.7 Å². The first-order valence-corrected chi connectivity index (χ1v) is 8.00. The number of carbonyl (C=O) groups excluding carboxylic acids is 1. The van der Waals surface area contributed by atoms with Crippen LogP contribution in [0.5, 0.6) is 0 Å². The summed E-state index contributed by atoms with van der Waals surface area (Å²) in [5.41, 5.74) is 1.18. The van der Waals surface area contributed by atoms with E-state index in [0.717, 1.165) is 19.3 Å². The molecule has 2 atom stereocenters. The second kappa shape index (κ2) is 5.61. The highest BCUT2D eigenvalue weighted by atomic mass is 16.2. The molecule has 0 aliphatic heterocycles. The van der Waals surface area contributed by atoms with E-state index in [4.69, 9.17) is 0 Å². The zero-order valence-corrected chi connectivity index (χ0v) is 12.7. The van der Waals surface area contributed by atoms with Crippen molar-refractivity contribution in [1.29, 1.82) is 0 Å². The van der Waals surface area contributed by atoms with Gasteiger partial charge in [-0.3, -0.25) is 14.6 Å². The van der Waals surface area contributed by atoms with Gasteiger partial charge in [-0.05, 0) is 42.7 Å². The van der Waals surface area contributed by atoms with E-state index in [9.17, 15) is 9.59 Å². The largest absolute Gasteiger partial charge is 0.350 e. The lowest BCUT2D eigenvalue weighted by molar-refractivity contribution is 0.0946. The quantitative estimate of drug-likeness (QED) is 0.877. The Kier molecular flexibility index (Phi) is 3.44. The third-order valence-electron chi connectivity index (χ3n) is 4.52. The summed E-state index contributed by atoms with van der Waals surface area (Å²) in [6.45, 7) is 0.603. The van der Waals surface area contributed by atoms with Crippen LogP contribution >= 0.6 is 0 Å². The van der Waals surface area contributed by atoms with Gasteiger partial charge in [0.15, 0.2) is 0 Å². The number of nitrogens with zero attached hydrogens (tertiary/aromatic N) is 2. The molecule has 2 aliphatic rings. The number of rotatable bonds is 5. The minimum atomic E-state index is -0.269. The van der Waals surface area contributed by atoms with Gasteiger partial charge in [0.2, 0.25) is 0 Å². The Bertz CT molecular complexity index is 783. The molecule has 2 heterocycles. The molecule has 0 radical (unpaired) electrons. The summed E-state index contributed by atoms with van der Waals surface area (Å²) in [5.74, 6) is 1.59. The smallest absolute Gasteiger partial charge is 0.270 e. The Morgan fingerprint density at radius 2 is 2.26 bits per heavy atom. The summed E-state index contributed by atoms with van der Waals surface area (Å²) in [4.78, 5) is 35.0. The molecule has 23 heavy (non-hydrogen) atoms. The predicted octanol–water partition coefficient (Wildman–Crippen LogP) is 1.58. The van der Waals surface area contributed by atoms with Crippen LogP contribution in [0.3, 0.4) is 0 Å². The molecule has 2 aliphatic carbocycles. The summed E-state index contributed by atoms with van der Waals surface area (Å²) >= 11 is 0. The first-order valence-electron chi connectivity index (χ1n) is 8.00. The molecule has 0 bridgehead atoms. The van der Waals surface area contributed by atoms with E-state index in [0.29, 0.717) is 30.1 Å². The molecule has 2 fully saturated rings. The normalized spacial score (nSPS) is 22.6. The Balaban J connectivity index is 1.37. The van der Waals surface area contributed by atoms with Crippen LogP contribution in [0.25, 0.3) is 0 Å². The third-order valence-corrected chi connectivity index (χ3v) is 4.52. The molecular weight excluding hydrogens is 292 g/mol. The van der Waals surface area contributed by atoms with Gasteiger partial charge in [0, 0.05) is 30.9 Å². The van der Waals surface area contributed by atoms with Gasteiger partial charge in [0.25, 0.3) is 11.5 Å². The molecule has 0 spiro atoms. The van der Waals surface area contributed by atoms with Crippen molar-refractivity contribution in [1.82, 2.24) is 20.3 Å². The molecule has 2 saturated carbocycles. The number of pyridine rings is 1. The van der Waals surface area contributed by atoms with Gasteiger partial charge in [-0.15, -0.1) is 0 Å². The number of hydrogen-bond donors (Lipinski definition) is 2. The molecule has 1 amide bonds. The van der Waals surface area contributed by atoms with Gasteiger partial charge < -0.3 is 10.3 Å². The average Bonchev–Trinajstić information content (AvgIpc) is 3.47. The van der Waals surface area contributed by atoms with Crippen molar-refractivity contribution >= 4 is 5.91 Å². The fourth-order valence-corrected chi connectivity index (χ4v) is 2.93. The number of carbonyl (C=O) groups is 1. The molecule has 2 aromatic heterocycles. The third kappa shape index (κ3) is 3.16. The molecule has 2 aromatic rings. The van der Waals surface area contributed by atoms with E-state index in [1.54, 1.807) is 6.20 Å². The van der Waals surface area contributed by atoms with Crippen LogP contribution in [-0.4, -0.2) is 27.4 Å². The van der Waals surface area contributed by atoms with Crippen molar-refractivity contribution < 1.29 is 4.79 Å². The molecule has 6 heteroatoms. The van der Waals surface area contributed by atoms with E-state index >= 15 is 0 Å². The molecule has 2 N–H and O–H groups in total. The van der Waals surface area contributed by atoms with Gasteiger partial charge in [-0.1, -0.05) is 6.07 Å². The van der Waals surface area contributed by atoms with Crippen molar-refractivity contribution in [3.8, 4) is 0 Å². The molecular formula is C17H18N4O2. The maximum absolute atomic E-state index is 12.2. The molecule has 118 valence electrons. The first kappa shape index (κ1) is 14.1. The van der Waals surface area contributed by atoms with Crippen LogP contribution in [-0.2, 0) is 0 Å². The number of H-pyrrole nitrogens is 1. The van der Waals surface area contributed by atoms with Crippen molar-refractivity contribution in [2.75, 3.05) is 6.54 Å². The first-order chi connectivity index (χ1) is 11.2. The lowest BCUT2D eigenvalue weighted by Gasteiger charge is -2.06. The summed E-state index contributed by atoms with van der Waals surface area (Å²) < 4.78 is 0. The molecule has 4 rings (SSSR count). The lowest BCUT2D eigenvalue weighted by Crippen LogP contribution is -2.28. The molecule has 0 aromatic carbocycles. The highest BCUT2D eigenvalue weighted by Gasteiger charge is 2.38. The number of aromatic amines is 1. The van der Waals surface area contributed by atoms with E-state index in [2.05, 4.69) is 26.3 Å². The molecule has 6 nitrogen and oxygen atoms in total. The molecule has 0 saturated heterocycles. The number of nitrogens with one attached hydrogen (secondary N) is 2. The van der Waals surface area contributed by atoms with E-state index in [1.807, 2.05) is 12.3 Å². The zero-order valence-electron chi connectivity index (χ0n) is 12.7. The highest BCUT2D eigenvalue weighted by molar-refractivity contribution is 5.92. The predicted molar refractivity (Wildman–Crippen MR) is 84.3 cm³/mol. The minimum Gasteiger partial charge on any atom is -0.350 e. The Labute approximate surface area is 133 Å². The van der Waals surface area contributed by atoms with Gasteiger partial charge in [0.05, 0.1) is 0 Å². The summed E-state index contributed by atoms with van der Waals surface area (Å²) in [7, 11) is 0. The summed E-state index contributed by atoms with van der Waals surface area (Å²) in [6, 6.07) is 5.27. The SMILES string of the molecule is O=C(NC[C@@H]1C[C@H]1c1cccnc1)c1cc(=O)[nH]c(C2CC2)n1. The summed E-state index contributed by atoms with van der Waals surface area (Å²) in [6.07, 6.45) is 6.76. The summed E-state index contributed by atoms with van der Waals surface area (Å²) in [5, 5.41) is 2.90. The minimum absolute atomic E-state index is 0.217. The van der Waals surface area contributed by atoms with Gasteiger partial charge >= 0.3 is 0 Å². The van der Waals surface area contributed by atoms with Crippen LogP contribution < -0.4 is 10.9 Å². The second-order valence-corrected chi connectivity index (χ2v) is 6.39. The van der Waals surface area contributed by atoms with Crippen LogP contribution in [0.1, 0.15) is 53.0 Å². The average molecular weight is 310 g/mol. The van der Waals surface area contributed by atoms with Crippen LogP contribution in [0.15, 0.2) is 35.4 Å². The number of amides is 1. The van der Waals surface area contributed by atoms with Gasteiger partial charge in [-0.2, -0.15) is 0 Å². The fourth-order valence-electron chi connectivity index (χ4n) is 2.93. The number of aromatic nitrogens is 3. The van der Waals surface area contributed by atoms with Crippen LogP contribution in [0, 0.1) is 5.92 Å². The number of hydrogen-bond acceptors (Lipinski definition) is 4. The van der Waals surface area contributed by atoms with Crippen molar-refractivity contribution in [3.63, 3.8) is 0 Å². The van der Waals surface area contributed by atoms with E-state index in [-0.39, 0.29) is 17.2 Å². The maximum atomic E-state index is 12.2. The van der Waals surface area contributed by atoms with Gasteiger partial charge in [-0.25, -0.2) is 4.98 Å². The zero-order chi connectivity index (χ0) is 15.8. The monoisotopic (exact) mass is 310 g/mol. The Morgan fingerprint density at radius 3 is 3.00 bits per heavy atom.